The van der Waals surface area contributed by atoms with Crippen molar-refractivity contribution in [3.05, 3.63) is 0 Å². The lowest BCUT2D eigenvalue weighted by molar-refractivity contribution is -0.298. The second-order valence-electron chi connectivity index (χ2n) is 8.28. The van der Waals surface area contributed by atoms with E-state index in [2.05, 4.69) is 33.0 Å². The summed E-state index contributed by atoms with van der Waals surface area (Å²) in [5.41, 5.74) is 0. The zero-order valence-corrected chi connectivity index (χ0v) is 17.3. The first kappa shape index (κ1) is 21.6. The van der Waals surface area contributed by atoms with Crippen LogP contribution in [0.2, 0.25) is 0 Å². The molecule has 0 aromatic carbocycles. The van der Waals surface area contributed by atoms with E-state index in [1.807, 2.05) is 13.8 Å². The van der Waals surface area contributed by atoms with Crippen molar-refractivity contribution in [3.8, 4) is 0 Å². The molecule has 0 radical (unpaired) electrons. The van der Waals surface area contributed by atoms with Crippen molar-refractivity contribution in [2.24, 2.45) is 23.7 Å². The van der Waals surface area contributed by atoms with Gasteiger partial charge in [0.2, 0.25) is 5.91 Å². The minimum atomic E-state index is -0.421. The number of hydrogen-bond acceptors (Lipinski definition) is 5. The fraction of sp³-hybridized carbons (Fsp3) is 0.950. The molecule has 0 aromatic heterocycles. The molecule has 0 spiro atoms. The van der Waals surface area contributed by atoms with Gasteiger partial charge in [0, 0.05) is 18.8 Å². The van der Waals surface area contributed by atoms with E-state index in [-0.39, 0.29) is 55.0 Å². The summed E-state index contributed by atoms with van der Waals surface area (Å²) in [6.07, 6.45) is -0.151. The molecule has 1 amide bonds. The monoisotopic (exact) mass is 371 g/mol. The van der Waals surface area contributed by atoms with Gasteiger partial charge in [-0.3, -0.25) is 4.79 Å². The van der Waals surface area contributed by atoms with Crippen LogP contribution >= 0.6 is 0 Å². The third-order valence-corrected chi connectivity index (χ3v) is 6.57. The Kier molecular flexibility index (Phi) is 7.48. The average molecular weight is 372 g/mol. The van der Waals surface area contributed by atoms with Crippen molar-refractivity contribution in [3.63, 3.8) is 0 Å². The van der Waals surface area contributed by atoms with Crippen LogP contribution in [0, 0.1) is 23.7 Å². The molecule has 0 aliphatic carbocycles. The maximum absolute atomic E-state index is 11.6. The first-order chi connectivity index (χ1) is 12.2. The topological polar surface area (TPSA) is 77.0 Å². The SMILES string of the molecule is CCC1O[C@@H](O[C@H]2C(C)C(NC(C)=O)C(C)O[C@@H]2CO)C(C)[C@@H](C)[C@H]1C. The highest BCUT2D eigenvalue weighted by atomic mass is 16.7. The number of hydrogen-bond donors (Lipinski definition) is 2. The van der Waals surface area contributed by atoms with Crippen LogP contribution in [-0.2, 0) is 19.0 Å². The lowest BCUT2D eigenvalue weighted by Gasteiger charge is -2.49. The van der Waals surface area contributed by atoms with E-state index in [1.54, 1.807) is 0 Å². The van der Waals surface area contributed by atoms with Crippen LogP contribution < -0.4 is 5.32 Å². The molecule has 2 N–H and O–H groups in total. The largest absolute Gasteiger partial charge is 0.394 e. The summed E-state index contributed by atoms with van der Waals surface area (Å²) in [5, 5.41) is 12.8. The lowest BCUT2D eigenvalue weighted by Crippen LogP contribution is -2.61. The molecule has 2 aliphatic rings. The molecule has 0 aromatic rings. The van der Waals surface area contributed by atoms with Crippen LogP contribution in [0.15, 0.2) is 0 Å². The number of aliphatic hydroxyl groups is 1. The summed E-state index contributed by atoms with van der Waals surface area (Å²) in [5.74, 6) is 1.13. The van der Waals surface area contributed by atoms with Gasteiger partial charge in [0.25, 0.3) is 0 Å². The summed E-state index contributed by atoms with van der Waals surface area (Å²) < 4.78 is 18.6. The van der Waals surface area contributed by atoms with Gasteiger partial charge in [-0.2, -0.15) is 0 Å². The maximum atomic E-state index is 11.6. The molecule has 2 heterocycles. The van der Waals surface area contributed by atoms with Crippen molar-refractivity contribution in [2.45, 2.75) is 91.6 Å². The minimum Gasteiger partial charge on any atom is -0.394 e. The molecule has 6 nitrogen and oxygen atoms in total. The van der Waals surface area contributed by atoms with Gasteiger partial charge in [0.15, 0.2) is 6.29 Å². The summed E-state index contributed by atoms with van der Waals surface area (Å²) in [6, 6.07) is -0.155. The lowest BCUT2D eigenvalue weighted by atomic mass is 9.78. The number of carbonyl (C=O) groups excluding carboxylic acids is 1. The van der Waals surface area contributed by atoms with Gasteiger partial charge in [-0.05, 0) is 25.2 Å². The number of aliphatic hydroxyl groups excluding tert-OH is 1. The zero-order chi connectivity index (χ0) is 19.6. The summed E-state index contributed by atoms with van der Waals surface area (Å²) in [6.45, 7) is 14.2. The molecule has 2 saturated heterocycles. The molecule has 5 unspecified atom stereocenters. The van der Waals surface area contributed by atoms with Gasteiger partial charge < -0.3 is 24.6 Å². The molecule has 2 rings (SSSR count). The Labute approximate surface area is 158 Å². The molecule has 6 heteroatoms. The molecule has 26 heavy (non-hydrogen) atoms. The van der Waals surface area contributed by atoms with Gasteiger partial charge >= 0.3 is 0 Å². The van der Waals surface area contributed by atoms with E-state index in [4.69, 9.17) is 14.2 Å². The summed E-state index contributed by atoms with van der Waals surface area (Å²) in [4.78, 5) is 11.6. The first-order valence-corrected chi connectivity index (χ1v) is 10.1. The Hall–Kier alpha value is -0.690. The van der Waals surface area contributed by atoms with E-state index in [0.29, 0.717) is 11.8 Å². The number of amides is 1. The maximum Gasteiger partial charge on any atom is 0.217 e. The molecule has 10 atom stereocenters. The second-order valence-corrected chi connectivity index (χ2v) is 8.28. The van der Waals surface area contributed by atoms with E-state index in [0.717, 1.165) is 6.42 Å². The van der Waals surface area contributed by atoms with Crippen molar-refractivity contribution >= 4 is 5.91 Å². The highest BCUT2D eigenvalue weighted by Crippen LogP contribution is 2.39. The average Bonchev–Trinajstić information content (AvgIpc) is 2.60. The number of carbonyl (C=O) groups is 1. The molecule has 2 aliphatic heterocycles. The van der Waals surface area contributed by atoms with Gasteiger partial charge in [0.05, 0.1) is 31.0 Å². The zero-order valence-electron chi connectivity index (χ0n) is 17.3. The predicted molar refractivity (Wildman–Crippen MR) is 99.5 cm³/mol. The van der Waals surface area contributed by atoms with Gasteiger partial charge in [-0.25, -0.2) is 0 Å². The van der Waals surface area contributed by atoms with Crippen LogP contribution in [-0.4, -0.2) is 54.4 Å². The summed E-state index contributed by atoms with van der Waals surface area (Å²) >= 11 is 0. The standard InChI is InChI=1S/C20H37NO5/c1-8-16-11(3)10(2)12(4)20(25-16)26-19-13(5)18(21-15(7)23)14(6)24-17(19)9-22/h10-14,16-20,22H,8-9H2,1-7H3,(H,21,23)/t10-,11+,12?,13?,14?,16?,17+,18?,19-,20-/m0/s1. The van der Waals surface area contributed by atoms with Crippen molar-refractivity contribution in [1.29, 1.82) is 0 Å². The van der Waals surface area contributed by atoms with E-state index < -0.39 is 6.10 Å². The molecule has 152 valence electrons. The molecule has 0 saturated carbocycles. The van der Waals surface area contributed by atoms with Gasteiger partial charge in [-0.15, -0.1) is 0 Å². The van der Waals surface area contributed by atoms with Crippen LogP contribution in [0.4, 0.5) is 0 Å². The quantitative estimate of drug-likeness (QED) is 0.776. The fourth-order valence-corrected chi connectivity index (χ4v) is 4.51. The van der Waals surface area contributed by atoms with Crippen molar-refractivity contribution in [2.75, 3.05) is 6.61 Å². The Bertz CT molecular complexity index is 471. The molecule has 2 fully saturated rings. The fourth-order valence-electron chi connectivity index (χ4n) is 4.51. The predicted octanol–water partition coefficient (Wildman–Crippen LogP) is 2.34. The van der Waals surface area contributed by atoms with Crippen LogP contribution in [0.1, 0.15) is 54.9 Å². The van der Waals surface area contributed by atoms with Gasteiger partial charge in [0.1, 0.15) is 6.10 Å². The Morgan fingerprint density at radius 3 is 2.19 bits per heavy atom. The molecular weight excluding hydrogens is 334 g/mol. The Morgan fingerprint density at radius 1 is 1.00 bits per heavy atom. The Morgan fingerprint density at radius 2 is 1.65 bits per heavy atom. The summed E-state index contributed by atoms with van der Waals surface area (Å²) in [7, 11) is 0. The minimum absolute atomic E-state index is 0.00494. The second kappa shape index (κ2) is 9.00. The van der Waals surface area contributed by atoms with Crippen LogP contribution in [0.5, 0.6) is 0 Å². The van der Waals surface area contributed by atoms with E-state index in [1.165, 1.54) is 6.92 Å². The number of nitrogens with one attached hydrogen (secondary N) is 1. The van der Waals surface area contributed by atoms with Crippen LogP contribution in [0.3, 0.4) is 0 Å². The third-order valence-electron chi connectivity index (χ3n) is 6.57. The highest BCUT2D eigenvalue weighted by Gasteiger charge is 2.46. The number of rotatable bonds is 5. The molecular formula is C20H37NO5. The van der Waals surface area contributed by atoms with E-state index in [9.17, 15) is 9.90 Å². The third kappa shape index (κ3) is 4.41. The smallest absolute Gasteiger partial charge is 0.217 e. The first-order valence-electron chi connectivity index (χ1n) is 10.1. The Balaban J connectivity index is 2.16. The van der Waals surface area contributed by atoms with Gasteiger partial charge in [-0.1, -0.05) is 34.6 Å². The number of ether oxygens (including phenoxy) is 3. The molecule has 0 bridgehead atoms. The normalized spacial score (nSPS) is 46.8. The van der Waals surface area contributed by atoms with E-state index >= 15 is 0 Å². The highest BCUT2D eigenvalue weighted by molar-refractivity contribution is 5.73. The van der Waals surface area contributed by atoms with Crippen molar-refractivity contribution < 1.29 is 24.1 Å². The van der Waals surface area contributed by atoms with Crippen molar-refractivity contribution in [1.82, 2.24) is 5.32 Å². The van der Waals surface area contributed by atoms with Crippen LogP contribution in [0.25, 0.3) is 0 Å².